The number of nitrogens with one attached hydrogen (secondary N) is 1. The van der Waals surface area contributed by atoms with Crippen LogP contribution < -0.4 is 5.32 Å². The molecule has 0 aliphatic heterocycles. The summed E-state index contributed by atoms with van der Waals surface area (Å²) in [6.07, 6.45) is 3.09. The van der Waals surface area contributed by atoms with Crippen molar-refractivity contribution < 1.29 is 14.4 Å². The number of rotatable bonds is 4. The van der Waals surface area contributed by atoms with E-state index in [1.165, 1.54) is 6.20 Å². The van der Waals surface area contributed by atoms with E-state index in [-0.39, 0.29) is 30.3 Å². The highest BCUT2D eigenvalue weighted by Crippen LogP contribution is 2.36. The highest BCUT2D eigenvalue weighted by molar-refractivity contribution is 6.13. The van der Waals surface area contributed by atoms with E-state index >= 15 is 0 Å². The first-order valence-electron chi connectivity index (χ1n) is 10.6. The molecule has 0 saturated heterocycles. The summed E-state index contributed by atoms with van der Waals surface area (Å²) in [6, 6.07) is 14.5. The number of hydrogen-bond donors (Lipinski definition) is 1. The maximum absolute atomic E-state index is 13.0. The lowest BCUT2D eigenvalue weighted by molar-refractivity contribution is -0.138. The van der Waals surface area contributed by atoms with E-state index < -0.39 is 11.8 Å². The van der Waals surface area contributed by atoms with Crippen LogP contribution in [-0.2, 0) is 14.4 Å². The molecule has 1 fully saturated rings. The van der Waals surface area contributed by atoms with Crippen LogP contribution in [0.5, 0.6) is 0 Å². The van der Waals surface area contributed by atoms with Crippen LogP contribution >= 0.6 is 0 Å². The number of Topliss-reactive ketones (excluding diaryl/α,β-unsaturated/α-hetero) is 2. The normalized spacial score (nSPS) is 18.0. The van der Waals surface area contributed by atoms with Gasteiger partial charge < -0.3 is 5.32 Å². The molecular weight excluding hydrogens is 416 g/mol. The van der Waals surface area contributed by atoms with E-state index in [9.17, 15) is 14.4 Å². The summed E-state index contributed by atoms with van der Waals surface area (Å²) in [6.45, 7) is 3.74. The van der Waals surface area contributed by atoms with Crippen LogP contribution in [0.1, 0.15) is 41.0 Å². The van der Waals surface area contributed by atoms with E-state index in [0.29, 0.717) is 22.6 Å². The molecule has 1 N–H and O–H groups in total. The average Bonchev–Trinajstić information content (AvgIpc) is 2.80. The van der Waals surface area contributed by atoms with Crippen molar-refractivity contribution in [2.75, 3.05) is 5.32 Å². The van der Waals surface area contributed by atoms with Crippen LogP contribution in [-0.4, -0.2) is 27.4 Å². The lowest BCUT2D eigenvalue weighted by Gasteiger charge is -2.28. The zero-order valence-corrected chi connectivity index (χ0v) is 18.3. The Kier molecular flexibility index (Phi) is 6.09. The van der Waals surface area contributed by atoms with Crippen LogP contribution in [0, 0.1) is 31.1 Å². The molecule has 0 bridgehead atoms. The minimum atomic E-state index is -0.869. The number of amides is 1. The van der Waals surface area contributed by atoms with E-state index in [0.717, 1.165) is 16.7 Å². The Morgan fingerprint density at radius 2 is 1.73 bits per heavy atom. The van der Waals surface area contributed by atoms with Gasteiger partial charge in [-0.25, -0.2) is 4.98 Å². The largest absolute Gasteiger partial charge is 0.310 e. The average molecular weight is 438 g/mol. The SMILES string of the molecule is Cc1cc(-c2ccc(C#N)cn2)cc(C)c1C1C(=O)CC(C(=O)Nc2ccccn2)CC1=O. The van der Waals surface area contributed by atoms with Gasteiger partial charge >= 0.3 is 0 Å². The fourth-order valence-corrected chi connectivity index (χ4v) is 4.35. The van der Waals surface area contributed by atoms with E-state index in [1.807, 2.05) is 32.0 Å². The fraction of sp³-hybridized carbons (Fsp3) is 0.231. The molecule has 1 aliphatic carbocycles. The zero-order valence-electron chi connectivity index (χ0n) is 18.3. The van der Waals surface area contributed by atoms with E-state index in [2.05, 4.69) is 15.3 Å². The Morgan fingerprint density at radius 3 is 2.27 bits per heavy atom. The molecule has 0 atom stereocenters. The number of pyridine rings is 2. The molecule has 33 heavy (non-hydrogen) atoms. The van der Waals surface area contributed by atoms with Crippen LogP contribution in [0.4, 0.5) is 5.82 Å². The quantitative estimate of drug-likeness (QED) is 0.618. The summed E-state index contributed by atoms with van der Waals surface area (Å²) >= 11 is 0. The number of aromatic nitrogens is 2. The molecule has 2 aromatic heterocycles. The second kappa shape index (κ2) is 9.13. The van der Waals surface area contributed by atoms with Crippen molar-refractivity contribution in [3.05, 3.63) is 77.1 Å². The number of ketones is 2. The van der Waals surface area contributed by atoms with Crippen molar-refractivity contribution in [2.45, 2.75) is 32.6 Å². The van der Waals surface area contributed by atoms with Gasteiger partial charge in [0.15, 0.2) is 0 Å². The number of anilines is 1. The number of carbonyl (C=O) groups excluding carboxylic acids is 3. The lowest BCUT2D eigenvalue weighted by Crippen LogP contribution is -2.38. The molecule has 7 heteroatoms. The predicted octanol–water partition coefficient (Wildman–Crippen LogP) is 3.90. The molecule has 0 spiro atoms. The number of nitriles is 1. The molecule has 0 unspecified atom stereocenters. The van der Waals surface area contributed by atoms with Crippen LogP contribution in [0.3, 0.4) is 0 Å². The topological polar surface area (TPSA) is 113 Å². The van der Waals surface area contributed by atoms with Crippen LogP contribution in [0.2, 0.25) is 0 Å². The van der Waals surface area contributed by atoms with Gasteiger partial charge in [-0.3, -0.25) is 19.4 Å². The lowest BCUT2D eigenvalue weighted by atomic mass is 9.74. The van der Waals surface area contributed by atoms with Gasteiger partial charge in [0, 0.05) is 30.8 Å². The summed E-state index contributed by atoms with van der Waals surface area (Å²) in [5, 5.41) is 11.6. The minimum Gasteiger partial charge on any atom is -0.310 e. The van der Waals surface area contributed by atoms with Gasteiger partial charge in [0.05, 0.1) is 17.2 Å². The predicted molar refractivity (Wildman–Crippen MR) is 122 cm³/mol. The Balaban J connectivity index is 1.55. The second-order valence-electron chi connectivity index (χ2n) is 8.24. The van der Waals surface area contributed by atoms with Gasteiger partial charge in [-0.1, -0.05) is 6.07 Å². The van der Waals surface area contributed by atoms with Gasteiger partial charge in [0.1, 0.15) is 29.4 Å². The highest BCUT2D eigenvalue weighted by Gasteiger charge is 2.40. The third kappa shape index (κ3) is 4.55. The van der Waals surface area contributed by atoms with Gasteiger partial charge in [0.2, 0.25) is 5.91 Å². The Morgan fingerprint density at radius 1 is 1.03 bits per heavy atom. The fourth-order valence-electron chi connectivity index (χ4n) is 4.35. The first-order chi connectivity index (χ1) is 15.9. The van der Waals surface area contributed by atoms with E-state index in [4.69, 9.17) is 5.26 Å². The molecule has 0 radical (unpaired) electrons. The number of carbonyl (C=O) groups is 3. The molecule has 1 aromatic carbocycles. The third-order valence-electron chi connectivity index (χ3n) is 5.90. The van der Waals surface area contributed by atoms with Crippen molar-refractivity contribution in [3.8, 4) is 17.3 Å². The number of hydrogen-bond acceptors (Lipinski definition) is 6. The van der Waals surface area contributed by atoms with Crippen molar-refractivity contribution >= 4 is 23.3 Å². The summed E-state index contributed by atoms with van der Waals surface area (Å²) in [4.78, 5) is 47.1. The van der Waals surface area contributed by atoms with E-state index in [1.54, 1.807) is 36.5 Å². The molecule has 3 aromatic rings. The molecule has 7 nitrogen and oxygen atoms in total. The van der Waals surface area contributed by atoms with Crippen molar-refractivity contribution in [3.63, 3.8) is 0 Å². The van der Waals surface area contributed by atoms with Gasteiger partial charge in [-0.15, -0.1) is 0 Å². The summed E-state index contributed by atoms with van der Waals surface area (Å²) in [7, 11) is 0. The van der Waals surface area contributed by atoms with Crippen molar-refractivity contribution in [1.82, 2.24) is 9.97 Å². The van der Waals surface area contributed by atoms with Crippen molar-refractivity contribution in [1.29, 1.82) is 5.26 Å². The molecule has 1 saturated carbocycles. The third-order valence-corrected chi connectivity index (χ3v) is 5.90. The first kappa shape index (κ1) is 22.0. The van der Waals surface area contributed by atoms with Crippen molar-refractivity contribution in [2.24, 2.45) is 5.92 Å². The number of benzene rings is 1. The molecular formula is C26H22N4O3. The monoisotopic (exact) mass is 438 g/mol. The molecule has 164 valence electrons. The summed E-state index contributed by atoms with van der Waals surface area (Å²) in [5.74, 6) is -2.05. The summed E-state index contributed by atoms with van der Waals surface area (Å²) < 4.78 is 0. The van der Waals surface area contributed by atoms with Gasteiger partial charge in [0.25, 0.3) is 0 Å². The zero-order chi connectivity index (χ0) is 23.5. The Bertz CT molecular complexity index is 1240. The van der Waals surface area contributed by atoms with Gasteiger partial charge in [-0.2, -0.15) is 5.26 Å². The Labute approximate surface area is 191 Å². The molecule has 4 rings (SSSR count). The smallest absolute Gasteiger partial charge is 0.229 e. The standard InChI is InChI=1S/C26H22N4O3/c1-15-9-18(20-7-6-17(13-27)14-29-20)10-16(2)24(15)25-21(31)11-19(12-22(25)32)26(33)30-23-5-3-4-8-28-23/h3-10,14,19,25H,11-12H2,1-2H3,(H,28,30,33). The molecule has 1 aliphatic rings. The van der Waals surface area contributed by atoms with Crippen LogP contribution in [0.25, 0.3) is 11.3 Å². The van der Waals surface area contributed by atoms with Gasteiger partial charge in [-0.05, 0) is 66.9 Å². The minimum absolute atomic E-state index is 0.00683. The Hall–Kier alpha value is -4.18. The maximum atomic E-state index is 13.0. The molecule has 2 heterocycles. The summed E-state index contributed by atoms with van der Waals surface area (Å²) in [5.41, 5.74) is 4.37. The maximum Gasteiger partial charge on any atom is 0.229 e. The first-order valence-corrected chi connectivity index (χ1v) is 10.6. The van der Waals surface area contributed by atoms with Crippen LogP contribution in [0.15, 0.2) is 54.9 Å². The molecule has 1 amide bonds. The number of aryl methyl sites for hydroxylation is 2. The number of nitrogens with zero attached hydrogens (tertiary/aromatic N) is 3. The highest BCUT2D eigenvalue weighted by atomic mass is 16.2. The second-order valence-corrected chi connectivity index (χ2v) is 8.24.